The molecule has 5 aromatic carbocycles. The number of carbonyl (C=O) groups excluding carboxylic acids is 2. The van der Waals surface area contributed by atoms with Gasteiger partial charge in [0.15, 0.2) is 0 Å². The molecule has 3 atom stereocenters. The predicted molar refractivity (Wildman–Crippen MR) is 241 cm³/mol. The molecule has 2 bridgehead atoms. The van der Waals surface area contributed by atoms with E-state index >= 15 is 0 Å². The number of fused-ring (bicyclic) bond motifs is 4. The van der Waals surface area contributed by atoms with Crippen LogP contribution in [-0.2, 0) is 22.6 Å². The summed E-state index contributed by atoms with van der Waals surface area (Å²) in [4.78, 5) is 44.9. The fourth-order valence-corrected chi connectivity index (χ4v) is 8.39. The lowest BCUT2D eigenvalue weighted by Crippen LogP contribution is -2.52. The minimum Gasteiger partial charge on any atom is -0.506 e. The third-order valence-corrected chi connectivity index (χ3v) is 12.0. The Bertz CT molecular complexity index is 2540. The number of aliphatic hydroxyl groups excluding tert-OH is 1. The minimum absolute atomic E-state index is 0.0498. The lowest BCUT2D eigenvalue weighted by molar-refractivity contribution is -0.0336. The Morgan fingerprint density at radius 2 is 1.62 bits per heavy atom. The highest BCUT2D eigenvalue weighted by Gasteiger charge is 2.37. The van der Waals surface area contributed by atoms with Crippen LogP contribution in [0.5, 0.6) is 11.5 Å². The first-order valence-corrected chi connectivity index (χ1v) is 21.4. The minimum atomic E-state index is -0.851. The van der Waals surface area contributed by atoms with Gasteiger partial charge in [0, 0.05) is 43.8 Å². The molecule has 0 radical (unpaired) electrons. The molecule has 13 heteroatoms. The molecule has 63 heavy (non-hydrogen) atoms. The van der Waals surface area contributed by atoms with Crippen LogP contribution < -0.4 is 25.8 Å². The van der Waals surface area contributed by atoms with E-state index in [0.717, 1.165) is 60.4 Å². The standard InChI is InChI=1S/C50H53N5O8/c1-54(39-16-12-33(13-17-39)29-51-30-44(57)41-18-20-43(56)48-42(41)19-21-46(58)52-48)26-27-61-49(59)37-14-10-34(11-15-37)32-62-40-9-5-8-38(28-40)47(36-6-3-2-4-7-36)53-50(60)63-45-31-55-24-22-35(45)23-25-55/h2-21,28,35,44-45,47,51,56-57H,22-27,29-32H2,1H3,(H,52,58)(H,53,60)/t44-,45-,47-/m0/s1. The molecule has 13 nitrogen and oxygen atoms in total. The van der Waals surface area contributed by atoms with Crippen molar-refractivity contribution in [3.63, 3.8) is 0 Å². The van der Waals surface area contributed by atoms with Crippen molar-refractivity contribution in [2.45, 2.75) is 44.2 Å². The second-order valence-corrected chi connectivity index (χ2v) is 16.3. The number of likely N-dealkylation sites (N-methyl/N-ethyl adjacent to an activating group) is 1. The number of anilines is 1. The van der Waals surface area contributed by atoms with E-state index in [2.05, 4.69) is 20.5 Å². The van der Waals surface area contributed by atoms with Crippen molar-refractivity contribution in [2.24, 2.45) is 5.92 Å². The Balaban J connectivity index is 0.775. The van der Waals surface area contributed by atoms with Crippen molar-refractivity contribution in [3.05, 3.63) is 171 Å². The SMILES string of the molecule is CN(CCOC(=O)c1ccc(COc2cccc([C@@H](NC(=O)O[C@H]3CN4CCC3CC4)c3ccccc3)c2)cc1)c1ccc(CNC[C@H](O)c2ccc(O)c3[nH]c(=O)ccc23)cc1. The zero-order chi connectivity index (χ0) is 43.7. The Kier molecular flexibility index (Phi) is 13.7. The predicted octanol–water partition coefficient (Wildman–Crippen LogP) is 6.84. The molecule has 4 heterocycles. The van der Waals surface area contributed by atoms with E-state index in [9.17, 15) is 24.6 Å². The fourth-order valence-electron chi connectivity index (χ4n) is 8.39. The number of aromatic nitrogens is 1. The maximum absolute atomic E-state index is 13.2. The summed E-state index contributed by atoms with van der Waals surface area (Å²) in [7, 11) is 1.93. The Hall–Kier alpha value is -6.67. The number of alkyl carbamates (subject to hydrolysis) is 1. The van der Waals surface area contributed by atoms with Crippen molar-refractivity contribution in [1.29, 1.82) is 0 Å². The van der Waals surface area contributed by atoms with Crippen LogP contribution in [0.25, 0.3) is 10.9 Å². The number of esters is 1. The number of phenols is 1. The zero-order valence-corrected chi connectivity index (χ0v) is 35.2. The largest absolute Gasteiger partial charge is 0.506 e. The van der Waals surface area contributed by atoms with E-state index in [1.807, 2.05) is 103 Å². The van der Waals surface area contributed by atoms with E-state index in [-0.39, 0.29) is 37.2 Å². The molecule has 3 saturated heterocycles. The molecule has 3 fully saturated rings. The number of amides is 1. The van der Waals surface area contributed by atoms with E-state index in [1.165, 1.54) is 12.1 Å². The van der Waals surface area contributed by atoms with Crippen molar-refractivity contribution in [2.75, 3.05) is 51.3 Å². The maximum atomic E-state index is 13.2. The summed E-state index contributed by atoms with van der Waals surface area (Å²) in [5.74, 6) is 0.607. The van der Waals surface area contributed by atoms with E-state index in [0.29, 0.717) is 46.8 Å². The molecular weight excluding hydrogens is 799 g/mol. The molecule has 6 aromatic rings. The molecule has 3 aliphatic heterocycles. The number of H-pyrrole nitrogens is 1. The second-order valence-electron chi connectivity index (χ2n) is 16.3. The summed E-state index contributed by atoms with van der Waals surface area (Å²) in [6.07, 6.45) is 0.768. The number of nitrogens with one attached hydrogen (secondary N) is 3. The molecule has 326 valence electrons. The topological polar surface area (TPSA) is 166 Å². The van der Waals surface area contributed by atoms with Crippen molar-refractivity contribution < 1.29 is 34.0 Å². The van der Waals surface area contributed by atoms with Gasteiger partial charge in [-0.15, -0.1) is 0 Å². The molecule has 1 aromatic heterocycles. The van der Waals surface area contributed by atoms with Gasteiger partial charge in [0.05, 0.1) is 29.8 Å². The normalized spacial score (nSPS) is 17.7. The maximum Gasteiger partial charge on any atom is 0.408 e. The summed E-state index contributed by atoms with van der Waals surface area (Å²) >= 11 is 0. The monoisotopic (exact) mass is 851 g/mol. The summed E-state index contributed by atoms with van der Waals surface area (Å²) in [6.45, 7) is 4.72. The average Bonchev–Trinajstić information content (AvgIpc) is 3.31. The Labute approximate surface area is 366 Å². The second kappa shape index (κ2) is 20.0. The first kappa shape index (κ1) is 43.0. The molecule has 0 aliphatic carbocycles. The van der Waals surface area contributed by atoms with Crippen molar-refractivity contribution in [1.82, 2.24) is 20.5 Å². The lowest BCUT2D eigenvalue weighted by Gasteiger charge is -2.43. The van der Waals surface area contributed by atoms with E-state index in [1.54, 1.807) is 24.3 Å². The third-order valence-electron chi connectivity index (χ3n) is 12.0. The molecule has 1 amide bonds. The van der Waals surface area contributed by atoms with Gasteiger partial charge in [-0.05, 0) is 108 Å². The van der Waals surface area contributed by atoms with E-state index < -0.39 is 24.2 Å². The highest BCUT2D eigenvalue weighted by atomic mass is 16.6. The third kappa shape index (κ3) is 10.9. The smallest absolute Gasteiger partial charge is 0.408 e. The van der Waals surface area contributed by atoms with E-state index in [4.69, 9.17) is 14.2 Å². The summed E-state index contributed by atoms with van der Waals surface area (Å²) in [6, 6.07) is 38.3. The summed E-state index contributed by atoms with van der Waals surface area (Å²) in [5, 5.41) is 28.0. The van der Waals surface area contributed by atoms with Crippen LogP contribution in [0, 0.1) is 5.92 Å². The zero-order valence-electron chi connectivity index (χ0n) is 35.2. The number of aromatic amines is 1. The summed E-state index contributed by atoms with van der Waals surface area (Å²) < 4.78 is 17.8. The lowest BCUT2D eigenvalue weighted by atomic mass is 9.86. The molecule has 3 aliphatic rings. The first-order valence-electron chi connectivity index (χ1n) is 21.4. The van der Waals surface area contributed by atoms with Crippen LogP contribution in [-0.4, -0.2) is 84.6 Å². The Morgan fingerprint density at radius 3 is 2.37 bits per heavy atom. The van der Waals surface area contributed by atoms with Crippen LogP contribution in [0.2, 0.25) is 0 Å². The number of piperidine rings is 3. The van der Waals surface area contributed by atoms with Gasteiger partial charge in [0.1, 0.15) is 30.8 Å². The van der Waals surface area contributed by atoms with Crippen LogP contribution in [0.4, 0.5) is 10.5 Å². The van der Waals surface area contributed by atoms with Gasteiger partial charge in [0.2, 0.25) is 5.56 Å². The number of hydrogen-bond donors (Lipinski definition) is 5. The number of aliphatic hydroxyl groups is 1. The Morgan fingerprint density at radius 1 is 0.873 bits per heavy atom. The first-order chi connectivity index (χ1) is 30.7. The number of carbonyl (C=O) groups is 2. The number of rotatable bonds is 17. The van der Waals surface area contributed by atoms with Crippen LogP contribution in [0.3, 0.4) is 0 Å². The van der Waals surface area contributed by atoms with Crippen LogP contribution in [0.15, 0.2) is 132 Å². The van der Waals surface area contributed by atoms with Crippen molar-refractivity contribution in [3.8, 4) is 11.5 Å². The number of phenolic OH excluding ortho intramolecular Hbond substituents is 1. The number of pyridine rings is 1. The molecule has 0 unspecified atom stereocenters. The molecule has 0 saturated carbocycles. The van der Waals surface area contributed by atoms with Crippen LogP contribution in [0.1, 0.15) is 63.2 Å². The number of nitrogens with zero attached hydrogens (tertiary/aromatic N) is 2. The van der Waals surface area contributed by atoms with Crippen molar-refractivity contribution >= 4 is 28.7 Å². The molecular formula is C50H53N5O8. The number of benzene rings is 5. The molecule has 9 rings (SSSR count). The van der Waals surface area contributed by atoms with Gasteiger partial charge in [0.25, 0.3) is 0 Å². The van der Waals surface area contributed by atoms with Gasteiger partial charge >= 0.3 is 12.1 Å². The summed E-state index contributed by atoms with van der Waals surface area (Å²) in [5.41, 5.74) is 5.70. The number of ether oxygens (including phenoxy) is 3. The number of aromatic hydroxyl groups is 1. The van der Waals surface area contributed by atoms with Gasteiger partial charge in [-0.1, -0.05) is 72.8 Å². The van der Waals surface area contributed by atoms with Gasteiger partial charge in [-0.2, -0.15) is 0 Å². The number of hydrogen-bond acceptors (Lipinski definition) is 11. The quantitative estimate of drug-likeness (QED) is 0.0611. The highest BCUT2D eigenvalue weighted by molar-refractivity contribution is 5.89. The molecule has 5 N–H and O–H groups in total. The average molecular weight is 852 g/mol. The highest BCUT2D eigenvalue weighted by Crippen LogP contribution is 2.32. The molecule has 0 spiro atoms. The van der Waals surface area contributed by atoms with Gasteiger partial charge in [-0.3, -0.25) is 9.69 Å². The van der Waals surface area contributed by atoms with Gasteiger partial charge < -0.3 is 44.9 Å². The van der Waals surface area contributed by atoms with Crippen LogP contribution >= 0.6 is 0 Å². The fraction of sp³-hybridized carbons (Fsp3) is 0.300. The van der Waals surface area contributed by atoms with Gasteiger partial charge in [-0.25, -0.2) is 9.59 Å².